The number of hydrogen-bond acceptors (Lipinski definition) is 3. The van der Waals surface area contributed by atoms with E-state index in [1.165, 1.54) is 12.1 Å². The fourth-order valence-corrected chi connectivity index (χ4v) is 3.45. The number of rotatable bonds is 8. The van der Waals surface area contributed by atoms with Crippen LogP contribution < -0.4 is 4.74 Å². The first-order valence-corrected chi connectivity index (χ1v) is 10.3. The lowest BCUT2D eigenvalue weighted by Gasteiger charge is -2.13. The van der Waals surface area contributed by atoms with Crippen LogP contribution in [0.5, 0.6) is 5.75 Å². The van der Waals surface area contributed by atoms with Crippen molar-refractivity contribution in [2.75, 3.05) is 0 Å². The summed E-state index contributed by atoms with van der Waals surface area (Å²) in [5.74, 6) is 0.525. The van der Waals surface area contributed by atoms with Crippen LogP contribution in [-0.2, 0) is 24.0 Å². The average Bonchev–Trinajstić information content (AvgIpc) is 3.11. The number of aliphatic carboxylic acids is 1. The molecule has 1 atom stereocenters. The van der Waals surface area contributed by atoms with E-state index in [2.05, 4.69) is 0 Å². The highest BCUT2D eigenvalue weighted by atomic mass is 19.4. The molecule has 0 fully saturated rings. The van der Waals surface area contributed by atoms with Crippen LogP contribution in [-0.4, -0.2) is 11.1 Å². The van der Waals surface area contributed by atoms with Crippen molar-refractivity contribution in [3.63, 3.8) is 0 Å². The van der Waals surface area contributed by atoms with Gasteiger partial charge in [0.05, 0.1) is 11.5 Å². The number of ether oxygens (including phenoxy) is 1. The van der Waals surface area contributed by atoms with Crippen LogP contribution >= 0.6 is 0 Å². The lowest BCUT2D eigenvalue weighted by Crippen LogP contribution is -2.15. The van der Waals surface area contributed by atoms with E-state index in [0.717, 1.165) is 28.8 Å². The maximum absolute atomic E-state index is 12.8. The first-order valence-electron chi connectivity index (χ1n) is 10.3. The van der Waals surface area contributed by atoms with E-state index in [4.69, 9.17) is 9.15 Å². The van der Waals surface area contributed by atoms with E-state index in [-0.39, 0.29) is 6.61 Å². The van der Waals surface area contributed by atoms with Crippen molar-refractivity contribution < 1.29 is 32.2 Å². The molecule has 7 heteroatoms. The van der Waals surface area contributed by atoms with Gasteiger partial charge in [-0.2, -0.15) is 13.2 Å². The Bertz CT molecular complexity index is 1080. The van der Waals surface area contributed by atoms with Gasteiger partial charge in [-0.15, -0.1) is 0 Å². The maximum atomic E-state index is 12.8. The molecule has 0 bridgehead atoms. The minimum absolute atomic E-state index is 0.238. The molecule has 0 aliphatic rings. The van der Waals surface area contributed by atoms with Crippen LogP contribution in [0.2, 0.25) is 0 Å². The van der Waals surface area contributed by atoms with Gasteiger partial charge in [-0.05, 0) is 68.1 Å². The Balaban J connectivity index is 1.68. The van der Waals surface area contributed by atoms with E-state index >= 15 is 0 Å². The molecule has 3 rings (SSSR count). The Hall–Kier alpha value is -3.22. The number of hydrogen-bond donors (Lipinski definition) is 1. The predicted molar refractivity (Wildman–Crippen MR) is 115 cm³/mol. The monoisotopic (exact) mass is 446 g/mol. The second kappa shape index (κ2) is 9.51. The van der Waals surface area contributed by atoms with Crippen LogP contribution in [0, 0.1) is 19.8 Å². The van der Waals surface area contributed by atoms with Gasteiger partial charge >= 0.3 is 12.1 Å². The van der Waals surface area contributed by atoms with Crippen molar-refractivity contribution in [2.24, 2.45) is 5.92 Å². The summed E-state index contributed by atoms with van der Waals surface area (Å²) in [6, 6.07) is 12.1. The van der Waals surface area contributed by atoms with E-state index in [0.29, 0.717) is 35.7 Å². The Labute approximate surface area is 184 Å². The molecule has 0 spiro atoms. The minimum Gasteiger partial charge on any atom is -0.489 e. The van der Waals surface area contributed by atoms with Crippen molar-refractivity contribution in [2.45, 2.75) is 46.4 Å². The van der Waals surface area contributed by atoms with Gasteiger partial charge < -0.3 is 14.3 Å². The molecule has 2 aromatic carbocycles. The van der Waals surface area contributed by atoms with Crippen molar-refractivity contribution in [1.29, 1.82) is 0 Å². The zero-order valence-corrected chi connectivity index (χ0v) is 18.1. The summed E-state index contributed by atoms with van der Waals surface area (Å²) in [7, 11) is 0. The largest absolute Gasteiger partial charge is 0.489 e. The lowest BCUT2D eigenvalue weighted by molar-refractivity contribution is -0.141. The zero-order valence-electron chi connectivity index (χ0n) is 18.1. The predicted octanol–water partition coefficient (Wildman–Crippen LogP) is 6.81. The first kappa shape index (κ1) is 23.4. The van der Waals surface area contributed by atoms with Gasteiger partial charge in [-0.1, -0.05) is 25.1 Å². The second-order valence-electron chi connectivity index (χ2n) is 7.79. The molecule has 0 radical (unpaired) electrons. The summed E-state index contributed by atoms with van der Waals surface area (Å²) in [4.78, 5) is 11.3. The van der Waals surface area contributed by atoms with E-state index < -0.39 is 23.6 Å². The molecule has 0 amide bonds. The minimum atomic E-state index is -4.38. The summed E-state index contributed by atoms with van der Waals surface area (Å²) in [5, 5.41) is 9.27. The molecule has 1 N–H and O–H groups in total. The Morgan fingerprint density at radius 2 is 1.75 bits per heavy atom. The van der Waals surface area contributed by atoms with Gasteiger partial charge in [0.2, 0.25) is 0 Å². The number of carboxylic acid groups (broad SMARTS) is 1. The number of benzene rings is 2. The van der Waals surface area contributed by atoms with Crippen LogP contribution in [0.15, 0.2) is 52.9 Å². The maximum Gasteiger partial charge on any atom is 0.416 e. The average molecular weight is 446 g/mol. The van der Waals surface area contributed by atoms with Crippen molar-refractivity contribution >= 4 is 5.97 Å². The lowest BCUT2D eigenvalue weighted by atomic mass is 9.94. The molecule has 0 saturated heterocycles. The molecule has 3 aromatic rings. The number of carbonyl (C=O) groups is 1. The number of carboxylic acids is 1. The van der Waals surface area contributed by atoms with Gasteiger partial charge in [-0.25, -0.2) is 0 Å². The first-order chi connectivity index (χ1) is 15.1. The molecular formula is C25H25F3O4. The van der Waals surface area contributed by atoms with Gasteiger partial charge in [0.1, 0.15) is 23.9 Å². The molecule has 4 nitrogen and oxygen atoms in total. The molecule has 0 aliphatic heterocycles. The molecule has 1 heterocycles. The summed E-state index contributed by atoms with van der Waals surface area (Å²) < 4.78 is 49.9. The van der Waals surface area contributed by atoms with Crippen LogP contribution in [0.4, 0.5) is 13.2 Å². The molecule has 1 unspecified atom stereocenters. The van der Waals surface area contributed by atoms with Crippen molar-refractivity contribution in [1.82, 2.24) is 0 Å². The molecule has 32 heavy (non-hydrogen) atoms. The number of halogens is 3. The highest BCUT2D eigenvalue weighted by Crippen LogP contribution is 2.32. The molecule has 1 aromatic heterocycles. The second-order valence-corrected chi connectivity index (χ2v) is 7.79. The van der Waals surface area contributed by atoms with Crippen molar-refractivity contribution in [3.8, 4) is 17.1 Å². The van der Waals surface area contributed by atoms with E-state index in [1.54, 1.807) is 13.0 Å². The fraction of sp³-hybridized carbons (Fsp3) is 0.320. The molecular weight excluding hydrogens is 421 g/mol. The fourth-order valence-electron chi connectivity index (χ4n) is 3.45. The van der Waals surface area contributed by atoms with Gasteiger partial charge in [0.25, 0.3) is 0 Å². The Morgan fingerprint density at radius 3 is 2.31 bits per heavy atom. The van der Waals surface area contributed by atoms with Crippen LogP contribution in [0.25, 0.3) is 11.3 Å². The standard InChI is InChI=1S/C25H25F3O4/c1-4-17(24(29)30)12-19-7-10-22(11-15(19)2)31-14-20-13-23(32-16(20)3)18-5-8-21(9-6-18)25(26,27)28/h5-11,13,17H,4,12,14H2,1-3H3,(H,29,30). The SMILES string of the molecule is CCC(Cc1ccc(OCc2cc(-c3ccc(C(F)(F)F)cc3)oc2C)cc1C)C(=O)O. The molecule has 0 saturated carbocycles. The van der Waals surface area contributed by atoms with E-state index in [9.17, 15) is 23.1 Å². The third-order valence-electron chi connectivity index (χ3n) is 5.53. The number of alkyl halides is 3. The highest BCUT2D eigenvalue weighted by molar-refractivity contribution is 5.70. The zero-order chi connectivity index (χ0) is 23.5. The normalized spacial score (nSPS) is 12.6. The number of aryl methyl sites for hydroxylation is 2. The van der Waals surface area contributed by atoms with Gasteiger partial charge in [-0.3, -0.25) is 4.79 Å². The summed E-state index contributed by atoms with van der Waals surface area (Å²) in [6.07, 6.45) is -3.35. The van der Waals surface area contributed by atoms with Gasteiger partial charge in [0.15, 0.2) is 0 Å². The Kier molecular flexibility index (Phi) is 6.96. The van der Waals surface area contributed by atoms with E-state index in [1.807, 2.05) is 32.0 Å². The third-order valence-corrected chi connectivity index (χ3v) is 5.53. The topological polar surface area (TPSA) is 59.7 Å². The summed E-state index contributed by atoms with van der Waals surface area (Å²) in [5.41, 5.74) is 2.56. The third kappa shape index (κ3) is 5.52. The van der Waals surface area contributed by atoms with Crippen LogP contribution in [0.1, 0.15) is 41.4 Å². The van der Waals surface area contributed by atoms with Crippen molar-refractivity contribution in [3.05, 3.63) is 76.5 Å². The summed E-state index contributed by atoms with van der Waals surface area (Å²) in [6.45, 7) is 5.79. The van der Waals surface area contributed by atoms with Gasteiger partial charge in [0, 0.05) is 11.1 Å². The quantitative estimate of drug-likeness (QED) is 0.413. The molecule has 170 valence electrons. The van der Waals surface area contributed by atoms with Crippen LogP contribution in [0.3, 0.4) is 0 Å². The number of furan rings is 1. The summed E-state index contributed by atoms with van der Waals surface area (Å²) >= 11 is 0. The highest BCUT2D eigenvalue weighted by Gasteiger charge is 2.30. The molecule has 0 aliphatic carbocycles. The Morgan fingerprint density at radius 1 is 1.06 bits per heavy atom. The smallest absolute Gasteiger partial charge is 0.416 e.